The molecule has 0 aliphatic carbocycles. The van der Waals surface area contributed by atoms with Crippen molar-refractivity contribution in [2.45, 2.75) is 6.10 Å². The molecule has 1 N–H and O–H groups in total. The molecule has 3 aromatic rings. The normalized spacial score (nSPS) is 13.1. The summed E-state index contributed by atoms with van der Waals surface area (Å²) in [4.78, 5) is 4.37. The Balaban J connectivity index is 2.03. The molecular weight excluding hydrogens is 216 g/mol. The van der Waals surface area contributed by atoms with Crippen molar-refractivity contribution in [3.05, 3.63) is 54.2 Å². The molecule has 5 heteroatoms. The lowest BCUT2D eigenvalue weighted by Crippen LogP contribution is -1.98. The van der Waals surface area contributed by atoms with Crippen LogP contribution in [0.2, 0.25) is 0 Å². The fourth-order valence-electron chi connectivity index (χ4n) is 1.84. The number of hydrogen-bond donors (Lipinski definition) is 1. The average Bonchev–Trinajstić information content (AvgIpc) is 2.93. The Kier molecular flexibility index (Phi) is 2.19. The molecule has 86 valence electrons. The van der Waals surface area contributed by atoms with E-state index in [0.717, 1.165) is 11.2 Å². The number of aryl methyl sites for hydroxylation is 1. The molecule has 0 aliphatic heterocycles. The molecular formula is C12H12N4O. The highest BCUT2D eigenvalue weighted by molar-refractivity contribution is 5.40. The maximum absolute atomic E-state index is 10.2. The first-order valence-electron chi connectivity index (χ1n) is 5.34. The van der Waals surface area contributed by atoms with E-state index in [-0.39, 0.29) is 0 Å². The van der Waals surface area contributed by atoms with E-state index in [2.05, 4.69) is 10.1 Å². The van der Waals surface area contributed by atoms with Crippen LogP contribution in [0.4, 0.5) is 0 Å². The number of hydrogen-bond acceptors (Lipinski definition) is 3. The molecule has 0 aliphatic rings. The fraction of sp³-hybridized carbons (Fsp3) is 0.167. The summed E-state index contributed by atoms with van der Waals surface area (Å²) >= 11 is 0. The second-order valence-electron chi connectivity index (χ2n) is 3.98. The Morgan fingerprint density at radius 2 is 2.18 bits per heavy atom. The minimum absolute atomic E-state index is 0.629. The van der Waals surface area contributed by atoms with Crippen molar-refractivity contribution in [1.82, 2.24) is 19.2 Å². The number of aliphatic hydroxyl groups is 1. The highest BCUT2D eigenvalue weighted by Gasteiger charge is 2.15. The average molecular weight is 228 g/mol. The van der Waals surface area contributed by atoms with Crippen molar-refractivity contribution in [2.24, 2.45) is 7.05 Å². The van der Waals surface area contributed by atoms with Gasteiger partial charge in [0.15, 0.2) is 0 Å². The SMILES string of the molecule is Cn1cc(C(O)c2cn3ccccc3n2)cn1. The lowest BCUT2D eigenvalue weighted by Gasteiger charge is -2.02. The Morgan fingerprint density at radius 3 is 2.88 bits per heavy atom. The summed E-state index contributed by atoms with van der Waals surface area (Å²) in [5, 5.41) is 14.2. The van der Waals surface area contributed by atoms with Gasteiger partial charge in [-0.25, -0.2) is 4.98 Å². The van der Waals surface area contributed by atoms with Gasteiger partial charge in [-0.05, 0) is 12.1 Å². The first kappa shape index (κ1) is 10.0. The van der Waals surface area contributed by atoms with Crippen LogP contribution in [-0.4, -0.2) is 24.3 Å². The van der Waals surface area contributed by atoms with Crippen LogP contribution in [0.15, 0.2) is 43.0 Å². The molecule has 3 heterocycles. The van der Waals surface area contributed by atoms with Gasteiger partial charge in [-0.15, -0.1) is 0 Å². The molecule has 0 saturated carbocycles. The van der Waals surface area contributed by atoms with Gasteiger partial charge < -0.3 is 9.51 Å². The molecule has 0 aromatic carbocycles. The molecule has 0 bridgehead atoms. The van der Waals surface area contributed by atoms with E-state index < -0.39 is 6.10 Å². The van der Waals surface area contributed by atoms with Crippen LogP contribution in [0.3, 0.4) is 0 Å². The van der Waals surface area contributed by atoms with Gasteiger partial charge in [0.05, 0.1) is 11.9 Å². The fourth-order valence-corrected chi connectivity index (χ4v) is 1.84. The molecule has 3 rings (SSSR count). The minimum Gasteiger partial charge on any atom is -0.382 e. The Bertz CT molecular complexity index is 622. The van der Waals surface area contributed by atoms with Crippen LogP contribution in [0.5, 0.6) is 0 Å². The van der Waals surface area contributed by atoms with E-state index in [9.17, 15) is 5.11 Å². The zero-order chi connectivity index (χ0) is 11.8. The first-order chi connectivity index (χ1) is 8.24. The predicted molar refractivity (Wildman–Crippen MR) is 62.5 cm³/mol. The Hall–Kier alpha value is -2.14. The zero-order valence-electron chi connectivity index (χ0n) is 9.35. The summed E-state index contributed by atoms with van der Waals surface area (Å²) in [6.45, 7) is 0. The summed E-state index contributed by atoms with van der Waals surface area (Å²) < 4.78 is 3.54. The number of pyridine rings is 1. The molecule has 1 atom stereocenters. The van der Waals surface area contributed by atoms with Crippen LogP contribution >= 0.6 is 0 Å². The van der Waals surface area contributed by atoms with E-state index in [1.807, 2.05) is 42.0 Å². The third kappa shape index (κ3) is 1.70. The van der Waals surface area contributed by atoms with Gasteiger partial charge in [-0.2, -0.15) is 5.10 Å². The largest absolute Gasteiger partial charge is 0.382 e. The number of imidazole rings is 1. The van der Waals surface area contributed by atoms with Crippen molar-refractivity contribution in [3.63, 3.8) is 0 Å². The number of aliphatic hydroxyl groups excluding tert-OH is 1. The molecule has 5 nitrogen and oxygen atoms in total. The maximum Gasteiger partial charge on any atom is 0.137 e. The van der Waals surface area contributed by atoms with Crippen molar-refractivity contribution in [1.29, 1.82) is 0 Å². The van der Waals surface area contributed by atoms with Gasteiger partial charge in [0.25, 0.3) is 0 Å². The van der Waals surface area contributed by atoms with Crippen molar-refractivity contribution in [2.75, 3.05) is 0 Å². The lowest BCUT2D eigenvalue weighted by atomic mass is 10.1. The second kappa shape index (κ2) is 3.71. The maximum atomic E-state index is 10.2. The molecule has 0 radical (unpaired) electrons. The molecule has 0 saturated heterocycles. The van der Waals surface area contributed by atoms with Crippen LogP contribution in [0.1, 0.15) is 17.4 Å². The third-order valence-electron chi connectivity index (χ3n) is 2.70. The zero-order valence-corrected chi connectivity index (χ0v) is 9.35. The molecule has 0 amide bonds. The van der Waals surface area contributed by atoms with Crippen LogP contribution in [-0.2, 0) is 7.05 Å². The van der Waals surface area contributed by atoms with Gasteiger partial charge in [0.1, 0.15) is 11.8 Å². The number of rotatable bonds is 2. The molecule has 0 spiro atoms. The van der Waals surface area contributed by atoms with E-state index in [4.69, 9.17) is 0 Å². The predicted octanol–water partition coefficient (Wildman–Crippen LogP) is 1.15. The molecule has 3 aromatic heterocycles. The third-order valence-corrected chi connectivity index (χ3v) is 2.70. The Labute approximate surface area is 98.0 Å². The summed E-state index contributed by atoms with van der Waals surface area (Å²) in [5.41, 5.74) is 2.20. The van der Waals surface area contributed by atoms with E-state index in [1.54, 1.807) is 17.1 Å². The molecule has 0 fully saturated rings. The van der Waals surface area contributed by atoms with E-state index in [0.29, 0.717) is 5.69 Å². The minimum atomic E-state index is -0.733. The summed E-state index contributed by atoms with van der Waals surface area (Å²) in [7, 11) is 1.82. The van der Waals surface area contributed by atoms with Gasteiger partial charge >= 0.3 is 0 Å². The van der Waals surface area contributed by atoms with Crippen molar-refractivity contribution < 1.29 is 5.11 Å². The summed E-state index contributed by atoms with van der Waals surface area (Å²) in [5.74, 6) is 0. The topological polar surface area (TPSA) is 55.4 Å². The first-order valence-corrected chi connectivity index (χ1v) is 5.34. The van der Waals surface area contributed by atoms with Gasteiger partial charge in [-0.1, -0.05) is 6.07 Å². The number of aromatic nitrogens is 4. The van der Waals surface area contributed by atoms with E-state index in [1.165, 1.54) is 0 Å². The monoisotopic (exact) mass is 228 g/mol. The standard InChI is InChI=1S/C12H12N4O/c1-15-7-9(6-13-15)12(17)10-8-16-5-3-2-4-11(16)14-10/h2-8,12,17H,1H3. The Morgan fingerprint density at radius 1 is 1.29 bits per heavy atom. The molecule has 1 unspecified atom stereocenters. The van der Waals surface area contributed by atoms with Gasteiger partial charge in [-0.3, -0.25) is 4.68 Å². The molecule has 17 heavy (non-hydrogen) atoms. The number of fused-ring (bicyclic) bond motifs is 1. The summed E-state index contributed by atoms with van der Waals surface area (Å²) in [6.07, 6.45) is 6.43. The highest BCUT2D eigenvalue weighted by atomic mass is 16.3. The van der Waals surface area contributed by atoms with E-state index >= 15 is 0 Å². The van der Waals surface area contributed by atoms with Crippen LogP contribution < -0.4 is 0 Å². The van der Waals surface area contributed by atoms with Crippen LogP contribution in [0.25, 0.3) is 5.65 Å². The number of nitrogens with zero attached hydrogens (tertiary/aromatic N) is 4. The second-order valence-corrected chi connectivity index (χ2v) is 3.98. The lowest BCUT2D eigenvalue weighted by molar-refractivity contribution is 0.216. The summed E-state index contributed by atoms with van der Waals surface area (Å²) in [6, 6.07) is 5.75. The smallest absolute Gasteiger partial charge is 0.137 e. The highest BCUT2D eigenvalue weighted by Crippen LogP contribution is 2.20. The van der Waals surface area contributed by atoms with Crippen LogP contribution in [0, 0.1) is 0 Å². The van der Waals surface area contributed by atoms with Gasteiger partial charge in [0.2, 0.25) is 0 Å². The van der Waals surface area contributed by atoms with Crippen molar-refractivity contribution in [3.8, 4) is 0 Å². The van der Waals surface area contributed by atoms with Crippen molar-refractivity contribution >= 4 is 5.65 Å². The van der Waals surface area contributed by atoms with Gasteiger partial charge in [0, 0.05) is 31.2 Å². The quantitative estimate of drug-likeness (QED) is 0.715.